The monoisotopic (exact) mass is 424 g/mol. The van der Waals surface area contributed by atoms with Crippen LogP contribution in [0.25, 0.3) is 0 Å². The first-order valence-corrected chi connectivity index (χ1v) is 9.02. The molecule has 0 saturated carbocycles. The van der Waals surface area contributed by atoms with E-state index in [9.17, 15) is 34.0 Å². The lowest BCUT2D eigenvalue weighted by atomic mass is 9.98. The van der Waals surface area contributed by atoms with E-state index in [0.29, 0.717) is 0 Å². The van der Waals surface area contributed by atoms with Crippen LogP contribution in [0.3, 0.4) is 0 Å². The zero-order valence-electron chi connectivity index (χ0n) is 13.8. The Hall–Kier alpha value is -0.530. The quantitative estimate of drug-likeness (QED) is 0.148. The number of rotatable bonds is 10. The molecule has 0 aliphatic carbocycles. The highest BCUT2D eigenvalue weighted by Crippen LogP contribution is 2.26. The molecule has 0 amide bonds. The van der Waals surface area contributed by atoms with Gasteiger partial charge in [-0.1, -0.05) is 0 Å². The second-order valence-electron chi connectivity index (χ2n) is 5.79. The fourth-order valence-corrected chi connectivity index (χ4v) is 2.93. The van der Waals surface area contributed by atoms with Crippen molar-refractivity contribution in [3.8, 4) is 0 Å². The van der Waals surface area contributed by atoms with Crippen molar-refractivity contribution in [2.75, 3.05) is 19.8 Å². The summed E-state index contributed by atoms with van der Waals surface area (Å²) in [5.41, 5.74) is 0. The van der Waals surface area contributed by atoms with Crippen LogP contribution < -0.4 is 0 Å². The van der Waals surface area contributed by atoms with Crippen LogP contribution in [-0.2, 0) is 24.1 Å². The summed E-state index contributed by atoms with van der Waals surface area (Å²) in [5, 5.41) is 76.2. The second kappa shape index (κ2) is 10.3. The largest absolute Gasteiger partial charge is 0.397 e. The van der Waals surface area contributed by atoms with Gasteiger partial charge in [0.05, 0.1) is 19.8 Å². The molecule has 1 aliphatic rings. The number of aliphatic hydroxyl groups excluding tert-OH is 8. The Bertz CT molecular complexity index is 540. The molecular formula is C12H24O14S. The molecule has 0 unspecified atom stereocenters. The predicted molar refractivity (Wildman–Crippen MR) is 81.2 cm³/mol. The van der Waals surface area contributed by atoms with E-state index in [0.717, 1.165) is 0 Å². The van der Waals surface area contributed by atoms with E-state index < -0.39 is 85.3 Å². The van der Waals surface area contributed by atoms with E-state index in [-0.39, 0.29) is 0 Å². The van der Waals surface area contributed by atoms with Crippen molar-refractivity contribution in [1.29, 1.82) is 0 Å². The molecule has 0 aromatic carbocycles. The van der Waals surface area contributed by atoms with E-state index in [4.69, 9.17) is 29.3 Å². The molecule has 0 aromatic rings. The highest BCUT2D eigenvalue weighted by Gasteiger charge is 2.47. The predicted octanol–water partition coefficient (Wildman–Crippen LogP) is -5.93. The first kappa shape index (κ1) is 24.5. The van der Waals surface area contributed by atoms with Gasteiger partial charge in [0.15, 0.2) is 6.29 Å². The second-order valence-corrected chi connectivity index (χ2v) is 6.83. The maximum Gasteiger partial charge on any atom is 0.397 e. The highest BCUT2D eigenvalue weighted by molar-refractivity contribution is 7.80. The Kier molecular flexibility index (Phi) is 9.35. The highest BCUT2D eigenvalue weighted by atomic mass is 32.3. The van der Waals surface area contributed by atoms with Crippen molar-refractivity contribution in [3.63, 3.8) is 0 Å². The Morgan fingerprint density at radius 2 is 1.41 bits per heavy atom. The van der Waals surface area contributed by atoms with E-state index >= 15 is 0 Å². The van der Waals surface area contributed by atoms with E-state index in [1.54, 1.807) is 0 Å². The van der Waals surface area contributed by atoms with Gasteiger partial charge in [-0.25, -0.2) is 4.18 Å². The van der Waals surface area contributed by atoms with Crippen LogP contribution in [-0.4, -0.2) is 129 Å². The molecular weight excluding hydrogens is 400 g/mol. The van der Waals surface area contributed by atoms with Gasteiger partial charge in [0.25, 0.3) is 0 Å². The molecule has 1 rings (SSSR count). The normalized spacial score (nSPS) is 34.0. The first-order valence-electron chi connectivity index (χ1n) is 7.66. The lowest BCUT2D eigenvalue weighted by Crippen LogP contribution is -2.62. The van der Waals surface area contributed by atoms with Crippen LogP contribution in [0.4, 0.5) is 0 Å². The summed E-state index contributed by atoms with van der Waals surface area (Å²) in [5.74, 6) is 0. The number of ether oxygens (including phenoxy) is 2. The van der Waals surface area contributed by atoms with Crippen LogP contribution in [0.2, 0.25) is 0 Å². The van der Waals surface area contributed by atoms with Crippen molar-refractivity contribution in [2.24, 2.45) is 0 Å². The maximum absolute atomic E-state index is 11.0. The average molecular weight is 424 g/mol. The molecule has 1 aliphatic heterocycles. The molecule has 27 heavy (non-hydrogen) atoms. The molecule has 0 radical (unpaired) electrons. The molecule has 0 spiro atoms. The fraction of sp³-hybridized carbons (Fsp3) is 1.00. The SMILES string of the molecule is O=S(=O)(O)O[C@@H]([C@H](O[C@@H]1O[C@H](CO)[C@H](O)[C@H](O)[C@H]1O)[C@H](O)CO)[C@@H](O)CO. The van der Waals surface area contributed by atoms with E-state index in [1.807, 2.05) is 0 Å². The minimum atomic E-state index is -5.23. The molecule has 15 heteroatoms. The van der Waals surface area contributed by atoms with E-state index in [2.05, 4.69) is 4.18 Å². The minimum Gasteiger partial charge on any atom is -0.394 e. The summed E-state index contributed by atoms with van der Waals surface area (Å²) in [7, 11) is -5.23. The van der Waals surface area contributed by atoms with Gasteiger partial charge in [0, 0.05) is 0 Å². The molecule has 9 N–H and O–H groups in total. The number of hydrogen-bond donors (Lipinski definition) is 9. The lowest BCUT2D eigenvalue weighted by Gasteiger charge is -2.42. The van der Waals surface area contributed by atoms with Gasteiger partial charge in [0.2, 0.25) is 0 Å². The van der Waals surface area contributed by atoms with Crippen molar-refractivity contribution < 1.29 is 67.5 Å². The van der Waals surface area contributed by atoms with Crippen molar-refractivity contribution in [1.82, 2.24) is 0 Å². The molecule has 1 fully saturated rings. The Morgan fingerprint density at radius 3 is 1.85 bits per heavy atom. The third-order valence-corrected chi connectivity index (χ3v) is 4.29. The molecule has 1 heterocycles. The van der Waals surface area contributed by atoms with Crippen LogP contribution in [0, 0.1) is 0 Å². The Balaban J connectivity index is 3.14. The van der Waals surface area contributed by atoms with Gasteiger partial charge < -0.3 is 50.3 Å². The number of aliphatic hydroxyl groups is 8. The van der Waals surface area contributed by atoms with E-state index in [1.165, 1.54) is 0 Å². The topological polar surface area (TPSA) is 244 Å². The van der Waals surface area contributed by atoms with Gasteiger partial charge in [-0.2, -0.15) is 8.42 Å². The molecule has 14 nitrogen and oxygen atoms in total. The van der Waals surface area contributed by atoms with Crippen molar-refractivity contribution in [3.05, 3.63) is 0 Å². The third kappa shape index (κ3) is 6.50. The van der Waals surface area contributed by atoms with Gasteiger partial charge >= 0.3 is 10.4 Å². The zero-order valence-corrected chi connectivity index (χ0v) is 14.6. The summed E-state index contributed by atoms with van der Waals surface area (Å²) >= 11 is 0. The minimum absolute atomic E-state index is 0.817. The molecule has 162 valence electrons. The number of hydrogen-bond acceptors (Lipinski definition) is 13. The van der Waals surface area contributed by atoms with Crippen molar-refractivity contribution in [2.45, 2.75) is 55.1 Å². The van der Waals surface area contributed by atoms with Gasteiger partial charge in [-0.15, -0.1) is 0 Å². The van der Waals surface area contributed by atoms with Gasteiger partial charge in [-0.3, -0.25) is 4.55 Å². The zero-order chi connectivity index (χ0) is 20.9. The summed E-state index contributed by atoms with van der Waals surface area (Å²) in [6, 6.07) is 0. The maximum atomic E-state index is 11.0. The molecule has 0 bridgehead atoms. The third-order valence-electron chi connectivity index (χ3n) is 3.83. The Labute approximate surface area is 153 Å². The molecule has 0 aromatic heterocycles. The van der Waals surface area contributed by atoms with Gasteiger partial charge in [-0.05, 0) is 0 Å². The average Bonchev–Trinajstić information content (AvgIpc) is 2.62. The summed E-state index contributed by atoms with van der Waals surface area (Å²) in [4.78, 5) is 0. The molecule has 1 saturated heterocycles. The van der Waals surface area contributed by atoms with Crippen molar-refractivity contribution >= 4 is 10.4 Å². The fourth-order valence-electron chi connectivity index (χ4n) is 2.41. The summed E-state index contributed by atoms with van der Waals surface area (Å²) < 4.78 is 45.1. The summed E-state index contributed by atoms with van der Waals surface area (Å²) in [6.07, 6.45) is -17.1. The van der Waals surface area contributed by atoms with Crippen LogP contribution in [0.1, 0.15) is 0 Å². The molecule has 9 atom stereocenters. The van der Waals surface area contributed by atoms with Crippen LogP contribution in [0.5, 0.6) is 0 Å². The summed E-state index contributed by atoms with van der Waals surface area (Å²) in [6.45, 7) is -3.01. The van der Waals surface area contributed by atoms with Crippen LogP contribution in [0.15, 0.2) is 0 Å². The Morgan fingerprint density at radius 1 is 0.889 bits per heavy atom. The lowest BCUT2D eigenvalue weighted by molar-refractivity contribution is -0.326. The first-order chi connectivity index (χ1) is 12.5. The smallest absolute Gasteiger partial charge is 0.394 e. The van der Waals surface area contributed by atoms with Crippen LogP contribution >= 0.6 is 0 Å². The van der Waals surface area contributed by atoms with Gasteiger partial charge in [0.1, 0.15) is 48.8 Å². The standard InChI is InChI=1S/C12H24O14S/c13-1-4(16)10(11(5(17)2-14)26-27(21,22)23)25-12-9(20)8(19)7(18)6(3-15)24-12/h4-20H,1-3H2,(H,21,22,23)/t4-,5+,6-,7+,8+,9-,10-,11-,12+/m1/s1.